The van der Waals surface area contributed by atoms with Crippen molar-refractivity contribution >= 4 is 41.7 Å². The Kier molecular flexibility index (Phi) is 10.8. The highest BCUT2D eigenvalue weighted by atomic mass is 32.2. The van der Waals surface area contributed by atoms with Crippen molar-refractivity contribution in [1.82, 2.24) is 0 Å². The van der Waals surface area contributed by atoms with Crippen molar-refractivity contribution in [1.29, 1.82) is 5.41 Å². The Morgan fingerprint density at radius 3 is 2.83 bits per heavy atom. The molecule has 0 bridgehead atoms. The first kappa shape index (κ1) is 17.2. The van der Waals surface area contributed by atoms with Gasteiger partial charge in [0.2, 0.25) is 5.12 Å². The zero-order chi connectivity index (χ0) is 13.8. The minimum atomic E-state index is -0.874. The number of carbonyl (C=O) groups excluding carboxylic acids is 2. The molecule has 5 nitrogen and oxygen atoms in total. The number of ether oxygens (including phenoxy) is 1. The number of hydrogen-bond acceptors (Lipinski definition) is 7. The monoisotopic (exact) mass is 291 g/mol. The van der Waals surface area contributed by atoms with Crippen LogP contribution in [-0.4, -0.2) is 46.6 Å². The predicted molar refractivity (Wildman–Crippen MR) is 75.4 cm³/mol. The third-order valence-electron chi connectivity index (χ3n) is 1.74. The summed E-state index contributed by atoms with van der Waals surface area (Å²) in [5.41, 5.74) is 0. The SMILES string of the molecule is N=CC(=O)SCC/C=C/[C@@H](O)CC(=O)OCCS. The van der Waals surface area contributed by atoms with Crippen LogP contribution in [0.3, 0.4) is 0 Å². The minimum Gasteiger partial charge on any atom is -0.465 e. The number of aliphatic hydroxyl groups excluding tert-OH is 1. The lowest BCUT2D eigenvalue weighted by Crippen LogP contribution is -2.14. The molecule has 0 aliphatic heterocycles. The molecule has 0 heterocycles. The number of allylic oxidation sites excluding steroid dienone is 1. The second-order valence-corrected chi connectivity index (χ2v) is 4.79. The summed E-state index contributed by atoms with van der Waals surface area (Å²) in [4.78, 5) is 21.8. The Morgan fingerprint density at radius 1 is 1.50 bits per heavy atom. The van der Waals surface area contributed by atoms with E-state index in [0.717, 1.165) is 18.0 Å². The molecule has 0 aliphatic carbocycles. The first-order chi connectivity index (χ1) is 8.60. The van der Waals surface area contributed by atoms with E-state index >= 15 is 0 Å². The largest absolute Gasteiger partial charge is 0.465 e. The van der Waals surface area contributed by atoms with Crippen molar-refractivity contribution < 1.29 is 19.4 Å². The smallest absolute Gasteiger partial charge is 0.308 e. The topological polar surface area (TPSA) is 87.5 Å². The number of thiol groups is 1. The molecule has 0 saturated carbocycles. The molecule has 0 aromatic carbocycles. The molecule has 0 saturated heterocycles. The average molecular weight is 291 g/mol. The fraction of sp³-hybridized carbons (Fsp3) is 0.545. The zero-order valence-corrected chi connectivity index (χ0v) is 11.6. The first-order valence-electron chi connectivity index (χ1n) is 5.38. The number of carbonyl (C=O) groups is 2. The Labute approximate surface area is 116 Å². The van der Waals surface area contributed by atoms with Crippen LogP contribution in [0.15, 0.2) is 12.2 Å². The number of nitrogens with one attached hydrogen (secondary N) is 1. The molecular formula is C11H17NO4S2. The lowest BCUT2D eigenvalue weighted by atomic mass is 10.2. The van der Waals surface area contributed by atoms with Gasteiger partial charge in [0.25, 0.3) is 0 Å². The Bertz CT molecular complexity index is 307. The van der Waals surface area contributed by atoms with Gasteiger partial charge in [0.05, 0.1) is 18.7 Å². The number of thioether (sulfide) groups is 1. The third-order valence-corrected chi connectivity index (χ3v) is 2.76. The summed E-state index contributed by atoms with van der Waals surface area (Å²) < 4.78 is 4.75. The van der Waals surface area contributed by atoms with Gasteiger partial charge in [-0.2, -0.15) is 12.6 Å². The van der Waals surface area contributed by atoms with Gasteiger partial charge in [-0.15, -0.1) is 0 Å². The van der Waals surface area contributed by atoms with Crippen molar-refractivity contribution in [2.45, 2.75) is 18.9 Å². The minimum absolute atomic E-state index is 0.0865. The molecular weight excluding hydrogens is 274 g/mol. The number of hydrogen-bond donors (Lipinski definition) is 3. The fourth-order valence-corrected chi connectivity index (χ4v) is 1.61. The van der Waals surface area contributed by atoms with Crippen LogP contribution in [0.25, 0.3) is 0 Å². The Balaban J connectivity index is 3.67. The molecule has 0 unspecified atom stereocenters. The van der Waals surface area contributed by atoms with Gasteiger partial charge < -0.3 is 15.3 Å². The van der Waals surface area contributed by atoms with Crippen LogP contribution in [0, 0.1) is 5.41 Å². The van der Waals surface area contributed by atoms with E-state index in [1.54, 1.807) is 6.08 Å². The number of esters is 1. The third kappa shape index (κ3) is 10.4. The van der Waals surface area contributed by atoms with Gasteiger partial charge >= 0.3 is 5.97 Å². The molecule has 18 heavy (non-hydrogen) atoms. The second-order valence-electron chi connectivity index (χ2n) is 3.24. The summed E-state index contributed by atoms with van der Waals surface area (Å²) in [6.45, 7) is 0.237. The van der Waals surface area contributed by atoms with E-state index in [0.29, 0.717) is 17.9 Å². The highest BCUT2D eigenvalue weighted by Gasteiger charge is 2.08. The maximum atomic E-state index is 11.1. The maximum absolute atomic E-state index is 11.1. The molecule has 0 fully saturated rings. The van der Waals surface area contributed by atoms with Crippen LogP contribution in [0.4, 0.5) is 0 Å². The molecule has 1 atom stereocenters. The van der Waals surface area contributed by atoms with Gasteiger partial charge in [0.15, 0.2) is 0 Å². The summed E-state index contributed by atoms with van der Waals surface area (Å²) in [6.07, 6.45) is 3.59. The highest BCUT2D eigenvalue weighted by molar-refractivity contribution is 8.15. The van der Waals surface area contributed by atoms with E-state index in [-0.39, 0.29) is 18.1 Å². The van der Waals surface area contributed by atoms with Crippen LogP contribution in [0.1, 0.15) is 12.8 Å². The molecule has 0 rings (SSSR count). The van der Waals surface area contributed by atoms with Crippen LogP contribution < -0.4 is 0 Å². The lowest BCUT2D eigenvalue weighted by molar-refractivity contribution is -0.144. The van der Waals surface area contributed by atoms with Crippen molar-refractivity contribution in [3.8, 4) is 0 Å². The van der Waals surface area contributed by atoms with Gasteiger partial charge in [0.1, 0.15) is 6.61 Å². The summed E-state index contributed by atoms with van der Waals surface area (Å²) in [7, 11) is 0. The molecule has 102 valence electrons. The standard InChI is InChI=1S/C11H17NO4S2/c12-8-11(15)18-6-2-1-3-9(13)7-10(14)16-4-5-17/h1,3,8-9,12-13,17H,2,4-7H2/b3-1+,12-8?/t9-/m1/s1. The van der Waals surface area contributed by atoms with E-state index in [1.807, 2.05) is 0 Å². The quantitative estimate of drug-likeness (QED) is 0.194. The van der Waals surface area contributed by atoms with Gasteiger partial charge in [-0.3, -0.25) is 9.59 Å². The number of rotatable bonds is 9. The van der Waals surface area contributed by atoms with E-state index < -0.39 is 12.1 Å². The average Bonchev–Trinajstić information content (AvgIpc) is 2.35. The van der Waals surface area contributed by atoms with Gasteiger partial charge in [-0.05, 0) is 6.42 Å². The van der Waals surface area contributed by atoms with Crippen LogP contribution >= 0.6 is 24.4 Å². The first-order valence-corrected chi connectivity index (χ1v) is 7.00. The molecule has 0 aromatic heterocycles. The molecule has 7 heteroatoms. The lowest BCUT2D eigenvalue weighted by Gasteiger charge is -2.05. The maximum Gasteiger partial charge on any atom is 0.308 e. The van der Waals surface area contributed by atoms with E-state index in [4.69, 9.17) is 10.1 Å². The molecule has 0 aromatic rings. The predicted octanol–water partition coefficient (Wildman–Crippen LogP) is 1.07. The van der Waals surface area contributed by atoms with Crippen LogP contribution in [-0.2, 0) is 14.3 Å². The molecule has 0 spiro atoms. The summed E-state index contributed by atoms with van der Waals surface area (Å²) in [5, 5.41) is 15.8. The van der Waals surface area contributed by atoms with Gasteiger partial charge in [-0.1, -0.05) is 23.9 Å². The van der Waals surface area contributed by atoms with E-state index in [9.17, 15) is 14.7 Å². The molecule has 0 amide bonds. The highest BCUT2D eigenvalue weighted by Crippen LogP contribution is 2.04. The number of aliphatic hydroxyl groups is 1. The van der Waals surface area contributed by atoms with E-state index in [2.05, 4.69) is 12.6 Å². The van der Waals surface area contributed by atoms with Crippen molar-refractivity contribution in [3.05, 3.63) is 12.2 Å². The van der Waals surface area contributed by atoms with Crippen LogP contribution in [0.5, 0.6) is 0 Å². The van der Waals surface area contributed by atoms with Crippen molar-refractivity contribution in [2.75, 3.05) is 18.1 Å². The summed E-state index contributed by atoms with van der Waals surface area (Å²) in [6, 6.07) is 0. The van der Waals surface area contributed by atoms with E-state index in [1.165, 1.54) is 6.08 Å². The van der Waals surface area contributed by atoms with Gasteiger partial charge in [-0.25, -0.2) is 0 Å². The second kappa shape index (κ2) is 11.3. The molecule has 0 aliphatic rings. The summed E-state index contributed by atoms with van der Waals surface area (Å²) >= 11 is 4.93. The molecule has 0 radical (unpaired) electrons. The zero-order valence-electron chi connectivity index (χ0n) is 9.87. The molecule has 2 N–H and O–H groups in total. The summed E-state index contributed by atoms with van der Waals surface area (Å²) in [5.74, 6) is 0.534. The van der Waals surface area contributed by atoms with Crippen molar-refractivity contribution in [2.24, 2.45) is 0 Å². The Hall–Kier alpha value is -0.790. The van der Waals surface area contributed by atoms with Gasteiger partial charge in [0, 0.05) is 11.5 Å². The van der Waals surface area contributed by atoms with Crippen LogP contribution in [0.2, 0.25) is 0 Å². The Morgan fingerprint density at radius 2 is 2.22 bits per heavy atom. The normalized spacial score (nSPS) is 12.3. The van der Waals surface area contributed by atoms with Crippen molar-refractivity contribution in [3.63, 3.8) is 0 Å². The fourth-order valence-electron chi connectivity index (χ4n) is 0.980.